The Kier molecular flexibility index (Phi) is 5.06. The van der Waals surface area contributed by atoms with Crippen LogP contribution in [0.5, 0.6) is 0 Å². The second kappa shape index (κ2) is 7.23. The largest absolute Gasteiger partial charge is 0.462 e. The minimum absolute atomic E-state index is 0.0651. The molecule has 3 heterocycles. The number of aliphatic hydroxyl groups excluding tert-OH is 1. The minimum atomic E-state index is -0.0727. The highest BCUT2D eigenvalue weighted by atomic mass is 16.4. The molecule has 2 N–H and O–H groups in total. The van der Waals surface area contributed by atoms with E-state index >= 15 is 0 Å². The van der Waals surface area contributed by atoms with E-state index in [1.807, 2.05) is 29.8 Å². The molecule has 1 saturated heterocycles. The van der Waals surface area contributed by atoms with Crippen molar-refractivity contribution < 1.29 is 14.3 Å². The Bertz CT molecular complexity index is 704. The Balaban J connectivity index is 1.82. The van der Waals surface area contributed by atoms with Crippen LogP contribution >= 0.6 is 0 Å². The van der Waals surface area contributed by atoms with E-state index in [4.69, 9.17) is 9.52 Å². The average Bonchev–Trinajstić information content (AvgIpc) is 3.21. The van der Waals surface area contributed by atoms with Crippen molar-refractivity contribution in [2.45, 2.75) is 38.5 Å². The molecule has 1 fully saturated rings. The highest BCUT2D eigenvalue weighted by Gasteiger charge is 2.28. The third-order valence-electron chi connectivity index (χ3n) is 4.81. The third-order valence-corrected chi connectivity index (χ3v) is 4.81. The summed E-state index contributed by atoms with van der Waals surface area (Å²) in [6, 6.07) is 7.95. The van der Waals surface area contributed by atoms with Crippen molar-refractivity contribution in [3.63, 3.8) is 0 Å². The number of nitrogens with one attached hydrogen (secondary N) is 1. The summed E-state index contributed by atoms with van der Waals surface area (Å²) in [7, 11) is 3.60. The van der Waals surface area contributed by atoms with Gasteiger partial charge in [-0.15, -0.1) is 0 Å². The van der Waals surface area contributed by atoms with Crippen LogP contribution in [0.3, 0.4) is 0 Å². The maximum Gasteiger partial charge on any atom is 0.267 e. The van der Waals surface area contributed by atoms with Crippen molar-refractivity contribution in [2.24, 2.45) is 7.05 Å². The van der Waals surface area contributed by atoms with Crippen LogP contribution in [-0.4, -0.2) is 34.1 Å². The van der Waals surface area contributed by atoms with Gasteiger partial charge in [0.1, 0.15) is 23.8 Å². The molecule has 1 aliphatic heterocycles. The maximum absolute atomic E-state index is 12.0. The number of carbonyl (C=O) groups excluding carboxylic acids is 1. The van der Waals surface area contributed by atoms with Gasteiger partial charge in [-0.05, 0) is 43.7 Å². The first-order valence-corrected chi connectivity index (χ1v) is 8.44. The normalized spacial score (nSPS) is 18.7. The summed E-state index contributed by atoms with van der Waals surface area (Å²) in [6.07, 6.45) is 3.41. The van der Waals surface area contributed by atoms with Gasteiger partial charge >= 0.3 is 0 Å². The summed E-state index contributed by atoms with van der Waals surface area (Å²) in [5, 5.41) is 11.8. The first-order chi connectivity index (χ1) is 11.6. The Morgan fingerprint density at radius 3 is 2.79 bits per heavy atom. The van der Waals surface area contributed by atoms with Crippen LogP contribution in [0, 0.1) is 0 Å². The van der Waals surface area contributed by atoms with E-state index in [0.717, 1.165) is 30.8 Å². The lowest BCUT2D eigenvalue weighted by Crippen LogP contribution is -2.34. The summed E-state index contributed by atoms with van der Waals surface area (Å²) in [4.78, 5) is 14.3. The molecule has 0 radical (unpaired) electrons. The molecule has 6 nitrogen and oxygen atoms in total. The van der Waals surface area contributed by atoms with Gasteiger partial charge in [-0.3, -0.25) is 9.69 Å². The Labute approximate surface area is 142 Å². The molecule has 24 heavy (non-hydrogen) atoms. The highest BCUT2D eigenvalue weighted by Crippen LogP contribution is 2.33. The summed E-state index contributed by atoms with van der Waals surface area (Å²) >= 11 is 0. The molecular formula is C18H25N3O3. The zero-order valence-electron chi connectivity index (χ0n) is 14.3. The SMILES string of the molecule is CNC(=O)c1ccc(C2CCCCN2Cc2ccc(CO)o2)n1C. The standard InChI is InChI=1S/C18H25N3O3/c1-19-18(23)17-9-8-15(20(17)2)16-5-3-4-10-21(16)11-13-6-7-14(12-22)24-13/h6-9,16,22H,3-5,10-12H2,1-2H3,(H,19,23). The number of aromatic nitrogens is 1. The molecule has 1 amide bonds. The predicted octanol–water partition coefficient (Wildman–Crippen LogP) is 2.20. The third kappa shape index (κ3) is 3.25. The van der Waals surface area contributed by atoms with Crippen molar-refractivity contribution in [1.29, 1.82) is 0 Å². The fraction of sp³-hybridized carbons (Fsp3) is 0.500. The maximum atomic E-state index is 12.0. The van der Waals surface area contributed by atoms with Gasteiger partial charge in [0.2, 0.25) is 0 Å². The molecule has 1 unspecified atom stereocenters. The van der Waals surface area contributed by atoms with Crippen molar-refractivity contribution in [2.75, 3.05) is 13.6 Å². The van der Waals surface area contributed by atoms with Crippen LogP contribution in [0.4, 0.5) is 0 Å². The number of piperidine rings is 1. The molecule has 0 aliphatic carbocycles. The molecule has 2 aromatic rings. The molecule has 0 saturated carbocycles. The van der Waals surface area contributed by atoms with E-state index in [0.29, 0.717) is 18.0 Å². The van der Waals surface area contributed by atoms with Crippen molar-refractivity contribution in [3.05, 3.63) is 47.2 Å². The van der Waals surface area contributed by atoms with Crippen molar-refractivity contribution in [3.8, 4) is 0 Å². The van der Waals surface area contributed by atoms with Crippen LogP contribution in [0.1, 0.15) is 53.0 Å². The molecular weight excluding hydrogens is 306 g/mol. The number of furan rings is 1. The van der Waals surface area contributed by atoms with Crippen LogP contribution in [0.25, 0.3) is 0 Å². The number of hydrogen-bond donors (Lipinski definition) is 2. The second-order valence-corrected chi connectivity index (χ2v) is 6.29. The van der Waals surface area contributed by atoms with E-state index in [1.165, 1.54) is 6.42 Å². The van der Waals surface area contributed by atoms with E-state index in [2.05, 4.69) is 16.3 Å². The topological polar surface area (TPSA) is 70.6 Å². The quantitative estimate of drug-likeness (QED) is 0.881. The molecule has 130 valence electrons. The molecule has 0 bridgehead atoms. The van der Waals surface area contributed by atoms with E-state index in [-0.39, 0.29) is 18.6 Å². The molecule has 1 aliphatic rings. The number of likely N-dealkylation sites (tertiary alicyclic amines) is 1. The van der Waals surface area contributed by atoms with Gasteiger partial charge in [0, 0.05) is 19.8 Å². The Morgan fingerprint density at radius 1 is 1.29 bits per heavy atom. The number of rotatable bonds is 5. The van der Waals surface area contributed by atoms with Crippen molar-refractivity contribution >= 4 is 5.91 Å². The molecule has 1 atom stereocenters. The predicted molar refractivity (Wildman–Crippen MR) is 90.4 cm³/mol. The second-order valence-electron chi connectivity index (χ2n) is 6.29. The van der Waals surface area contributed by atoms with Gasteiger partial charge in [0.25, 0.3) is 5.91 Å². The summed E-state index contributed by atoms with van der Waals surface area (Å²) < 4.78 is 7.64. The Morgan fingerprint density at radius 2 is 2.08 bits per heavy atom. The van der Waals surface area contributed by atoms with Gasteiger partial charge in [0.05, 0.1) is 12.6 Å². The Hall–Kier alpha value is -2.05. The molecule has 6 heteroatoms. The lowest BCUT2D eigenvalue weighted by molar-refractivity contribution is 0.0951. The fourth-order valence-corrected chi connectivity index (χ4v) is 3.53. The van der Waals surface area contributed by atoms with E-state index in [1.54, 1.807) is 7.05 Å². The molecule has 3 rings (SSSR count). The van der Waals surface area contributed by atoms with Gasteiger partial charge in [0.15, 0.2) is 0 Å². The van der Waals surface area contributed by atoms with Gasteiger partial charge in [-0.2, -0.15) is 0 Å². The van der Waals surface area contributed by atoms with E-state index < -0.39 is 0 Å². The molecule has 0 spiro atoms. The fourth-order valence-electron chi connectivity index (χ4n) is 3.53. The number of aliphatic hydroxyl groups is 1. The smallest absolute Gasteiger partial charge is 0.267 e. The number of carbonyl (C=O) groups is 1. The molecule has 0 aromatic carbocycles. The minimum Gasteiger partial charge on any atom is -0.462 e. The summed E-state index contributed by atoms with van der Waals surface area (Å²) in [5.74, 6) is 1.40. The molecule has 2 aromatic heterocycles. The number of nitrogens with zero attached hydrogens (tertiary/aromatic N) is 2. The van der Waals surface area contributed by atoms with Crippen LogP contribution in [0.2, 0.25) is 0 Å². The first-order valence-electron chi connectivity index (χ1n) is 8.44. The summed E-state index contributed by atoms with van der Waals surface area (Å²) in [5.41, 5.74) is 1.83. The van der Waals surface area contributed by atoms with Crippen LogP contribution in [0.15, 0.2) is 28.7 Å². The monoisotopic (exact) mass is 331 g/mol. The number of amides is 1. The lowest BCUT2D eigenvalue weighted by Gasteiger charge is -2.35. The highest BCUT2D eigenvalue weighted by molar-refractivity contribution is 5.92. The summed E-state index contributed by atoms with van der Waals surface area (Å²) in [6.45, 7) is 1.64. The van der Waals surface area contributed by atoms with Gasteiger partial charge in [-0.1, -0.05) is 6.42 Å². The van der Waals surface area contributed by atoms with Crippen LogP contribution < -0.4 is 5.32 Å². The zero-order chi connectivity index (χ0) is 17.1. The van der Waals surface area contributed by atoms with E-state index in [9.17, 15) is 4.79 Å². The van der Waals surface area contributed by atoms with Crippen molar-refractivity contribution in [1.82, 2.24) is 14.8 Å². The zero-order valence-corrected chi connectivity index (χ0v) is 14.3. The van der Waals surface area contributed by atoms with Crippen LogP contribution in [-0.2, 0) is 20.2 Å². The lowest BCUT2D eigenvalue weighted by atomic mass is 9.99. The van der Waals surface area contributed by atoms with Gasteiger partial charge in [-0.25, -0.2) is 0 Å². The average molecular weight is 331 g/mol. The number of hydrogen-bond acceptors (Lipinski definition) is 4. The van der Waals surface area contributed by atoms with Gasteiger partial charge < -0.3 is 19.4 Å². The first kappa shape index (κ1) is 16.8.